The van der Waals surface area contributed by atoms with Crippen molar-refractivity contribution < 1.29 is 23.5 Å². The van der Waals surface area contributed by atoms with E-state index >= 15 is 0 Å². The standard InChI is InChI=1S/C12H12FNO4/c1-17-11(15)7-10(12(16)18-2)14-9-5-3-4-8(13)6-9/h3-6H,7H2,1-2H3. The molecule has 96 valence electrons. The maximum Gasteiger partial charge on any atom is 0.353 e. The summed E-state index contributed by atoms with van der Waals surface area (Å²) < 4.78 is 21.9. The molecule has 0 aliphatic rings. The van der Waals surface area contributed by atoms with E-state index in [4.69, 9.17) is 0 Å². The summed E-state index contributed by atoms with van der Waals surface area (Å²) in [6, 6.07) is 5.34. The van der Waals surface area contributed by atoms with Crippen LogP contribution in [0, 0.1) is 5.82 Å². The van der Waals surface area contributed by atoms with Crippen LogP contribution in [0.2, 0.25) is 0 Å². The zero-order valence-corrected chi connectivity index (χ0v) is 9.97. The Hall–Kier alpha value is -2.24. The summed E-state index contributed by atoms with van der Waals surface area (Å²) in [6.45, 7) is 0. The van der Waals surface area contributed by atoms with Gasteiger partial charge in [-0.3, -0.25) is 4.79 Å². The fraction of sp³-hybridized carbons (Fsp3) is 0.250. The largest absolute Gasteiger partial charge is 0.469 e. The third-order valence-electron chi connectivity index (χ3n) is 2.03. The van der Waals surface area contributed by atoms with Gasteiger partial charge in [0.15, 0.2) is 0 Å². The van der Waals surface area contributed by atoms with Gasteiger partial charge in [-0.05, 0) is 18.2 Å². The summed E-state index contributed by atoms with van der Waals surface area (Å²) in [7, 11) is 2.36. The van der Waals surface area contributed by atoms with Crippen molar-refractivity contribution >= 4 is 23.3 Å². The van der Waals surface area contributed by atoms with Gasteiger partial charge in [0.1, 0.15) is 11.5 Å². The molecule has 18 heavy (non-hydrogen) atoms. The average molecular weight is 253 g/mol. The number of halogens is 1. The van der Waals surface area contributed by atoms with Gasteiger partial charge in [0, 0.05) is 0 Å². The van der Waals surface area contributed by atoms with E-state index in [1.807, 2.05) is 0 Å². The number of hydrogen-bond donors (Lipinski definition) is 0. The van der Waals surface area contributed by atoms with Crippen LogP contribution < -0.4 is 0 Å². The fourth-order valence-corrected chi connectivity index (χ4v) is 1.19. The van der Waals surface area contributed by atoms with Gasteiger partial charge < -0.3 is 9.47 Å². The Bertz CT molecular complexity index is 485. The number of hydrogen-bond acceptors (Lipinski definition) is 5. The first kappa shape index (κ1) is 13.8. The number of carbonyl (C=O) groups excluding carboxylic acids is 2. The predicted molar refractivity (Wildman–Crippen MR) is 62.1 cm³/mol. The van der Waals surface area contributed by atoms with E-state index in [1.165, 1.54) is 32.4 Å². The van der Waals surface area contributed by atoms with E-state index in [2.05, 4.69) is 14.5 Å². The second-order valence-electron chi connectivity index (χ2n) is 3.28. The van der Waals surface area contributed by atoms with Gasteiger partial charge in [-0.2, -0.15) is 0 Å². The lowest BCUT2D eigenvalue weighted by molar-refractivity contribution is -0.140. The van der Waals surface area contributed by atoms with Gasteiger partial charge in [0.05, 0.1) is 26.3 Å². The molecule has 0 spiro atoms. The van der Waals surface area contributed by atoms with Crippen LogP contribution in [0.15, 0.2) is 29.3 Å². The Labute approximate surface area is 103 Å². The highest BCUT2D eigenvalue weighted by molar-refractivity contribution is 6.39. The lowest BCUT2D eigenvalue weighted by Gasteiger charge is -2.03. The van der Waals surface area contributed by atoms with Crippen molar-refractivity contribution in [3.63, 3.8) is 0 Å². The van der Waals surface area contributed by atoms with Crippen LogP contribution in [0.5, 0.6) is 0 Å². The highest BCUT2D eigenvalue weighted by Gasteiger charge is 2.17. The molecule has 0 aliphatic heterocycles. The molecule has 0 saturated carbocycles. The maximum absolute atomic E-state index is 13.0. The molecule has 0 heterocycles. The molecule has 0 aliphatic carbocycles. The normalized spacial score (nSPS) is 10.9. The van der Waals surface area contributed by atoms with Crippen molar-refractivity contribution in [2.24, 2.45) is 4.99 Å². The molecule has 1 rings (SSSR count). The quantitative estimate of drug-likeness (QED) is 0.604. The van der Waals surface area contributed by atoms with Crippen molar-refractivity contribution in [1.82, 2.24) is 0 Å². The van der Waals surface area contributed by atoms with Gasteiger partial charge in [0.25, 0.3) is 0 Å². The number of benzene rings is 1. The Morgan fingerprint density at radius 3 is 2.56 bits per heavy atom. The van der Waals surface area contributed by atoms with Crippen molar-refractivity contribution in [2.75, 3.05) is 14.2 Å². The number of esters is 2. The minimum atomic E-state index is -0.760. The molecule has 6 heteroatoms. The van der Waals surface area contributed by atoms with Crippen molar-refractivity contribution in [1.29, 1.82) is 0 Å². The number of nitrogens with zero attached hydrogens (tertiary/aromatic N) is 1. The van der Waals surface area contributed by atoms with Crippen molar-refractivity contribution in [3.05, 3.63) is 30.1 Å². The van der Waals surface area contributed by atoms with Crippen LogP contribution in [-0.4, -0.2) is 31.9 Å². The smallest absolute Gasteiger partial charge is 0.353 e. The van der Waals surface area contributed by atoms with Crippen molar-refractivity contribution in [3.8, 4) is 0 Å². The molecule has 0 bridgehead atoms. The molecule has 0 N–H and O–H groups in total. The Morgan fingerprint density at radius 2 is 2.00 bits per heavy atom. The van der Waals surface area contributed by atoms with E-state index in [9.17, 15) is 14.0 Å². The van der Waals surface area contributed by atoms with Crippen LogP contribution in [0.25, 0.3) is 0 Å². The third kappa shape index (κ3) is 3.97. The average Bonchev–Trinajstić information content (AvgIpc) is 2.36. The second-order valence-corrected chi connectivity index (χ2v) is 3.28. The van der Waals surface area contributed by atoms with Gasteiger partial charge in [0.2, 0.25) is 0 Å². The summed E-state index contributed by atoms with van der Waals surface area (Å²) in [6.07, 6.45) is -0.334. The zero-order valence-electron chi connectivity index (χ0n) is 9.97. The highest BCUT2D eigenvalue weighted by Crippen LogP contribution is 2.14. The van der Waals surface area contributed by atoms with Crippen LogP contribution in [0.1, 0.15) is 6.42 Å². The number of ether oxygens (including phenoxy) is 2. The topological polar surface area (TPSA) is 65.0 Å². The van der Waals surface area contributed by atoms with Crippen LogP contribution in [0.3, 0.4) is 0 Å². The van der Waals surface area contributed by atoms with Crippen molar-refractivity contribution in [2.45, 2.75) is 6.42 Å². The molecular weight excluding hydrogens is 241 g/mol. The highest BCUT2D eigenvalue weighted by atomic mass is 19.1. The van der Waals surface area contributed by atoms with Crippen LogP contribution in [0.4, 0.5) is 10.1 Å². The molecule has 0 saturated heterocycles. The van der Waals surface area contributed by atoms with Crippen LogP contribution in [-0.2, 0) is 19.1 Å². The van der Waals surface area contributed by atoms with Crippen LogP contribution >= 0.6 is 0 Å². The Morgan fingerprint density at radius 1 is 1.28 bits per heavy atom. The summed E-state index contributed by atoms with van der Waals surface area (Å²) in [4.78, 5) is 26.4. The molecule has 0 atom stereocenters. The fourth-order valence-electron chi connectivity index (χ4n) is 1.19. The number of rotatable bonds is 4. The number of methoxy groups -OCH3 is 2. The molecular formula is C12H12FNO4. The zero-order chi connectivity index (χ0) is 13.5. The van der Waals surface area contributed by atoms with Gasteiger partial charge >= 0.3 is 11.9 Å². The number of aliphatic imine (C=N–C) groups is 1. The first-order valence-electron chi connectivity index (χ1n) is 5.05. The van der Waals surface area contributed by atoms with Gasteiger partial charge in [-0.15, -0.1) is 0 Å². The number of carbonyl (C=O) groups is 2. The van der Waals surface area contributed by atoms with E-state index < -0.39 is 17.8 Å². The Kier molecular flexibility index (Phi) is 4.98. The lowest BCUT2D eigenvalue weighted by Crippen LogP contribution is -2.20. The summed E-state index contributed by atoms with van der Waals surface area (Å²) in [5.74, 6) is -1.88. The second kappa shape index (κ2) is 6.48. The van der Waals surface area contributed by atoms with E-state index in [1.54, 1.807) is 0 Å². The van der Waals surface area contributed by atoms with E-state index in [-0.39, 0.29) is 17.8 Å². The van der Waals surface area contributed by atoms with E-state index in [0.717, 1.165) is 6.07 Å². The molecule has 0 radical (unpaired) electrons. The molecule has 5 nitrogen and oxygen atoms in total. The first-order chi connectivity index (χ1) is 8.56. The minimum Gasteiger partial charge on any atom is -0.469 e. The van der Waals surface area contributed by atoms with Gasteiger partial charge in [-0.25, -0.2) is 14.2 Å². The van der Waals surface area contributed by atoms with E-state index in [0.29, 0.717) is 0 Å². The summed E-state index contributed by atoms with van der Waals surface area (Å²) in [5.41, 5.74) is 0.0780. The molecule has 0 amide bonds. The Balaban J connectivity index is 3.02. The van der Waals surface area contributed by atoms with Gasteiger partial charge in [-0.1, -0.05) is 6.07 Å². The molecule has 0 unspecified atom stereocenters. The molecule has 0 fully saturated rings. The molecule has 1 aromatic carbocycles. The minimum absolute atomic E-state index is 0.144. The predicted octanol–water partition coefficient (Wildman–Crippen LogP) is 1.63. The maximum atomic E-state index is 13.0. The SMILES string of the molecule is COC(=O)CC(=Nc1cccc(F)c1)C(=O)OC. The summed E-state index contributed by atoms with van der Waals surface area (Å²) in [5, 5.41) is 0. The lowest BCUT2D eigenvalue weighted by atomic mass is 10.2. The molecule has 1 aromatic rings. The molecule has 0 aromatic heterocycles. The third-order valence-corrected chi connectivity index (χ3v) is 2.03. The summed E-state index contributed by atoms with van der Waals surface area (Å²) >= 11 is 0. The first-order valence-corrected chi connectivity index (χ1v) is 5.05. The monoisotopic (exact) mass is 253 g/mol.